The number of hydrogen-bond acceptors (Lipinski definition) is 3. The monoisotopic (exact) mass is 316 g/mol. The molecular formula is C17H17ClN2S. The molecule has 2 nitrogen and oxygen atoms in total. The van der Waals surface area contributed by atoms with Gasteiger partial charge in [-0.1, -0.05) is 35.9 Å². The molecule has 0 bridgehead atoms. The van der Waals surface area contributed by atoms with Gasteiger partial charge in [-0.3, -0.25) is 0 Å². The van der Waals surface area contributed by atoms with E-state index in [2.05, 4.69) is 41.5 Å². The van der Waals surface area contributed by atoms with Crippen molar-refractivity contribution in [1.29, 1.82) is 0 Å². The lowest BCUT2D eigenvalue weighted by molar-refractivity contribution is 0.576. The summed E-state index contributed by atoms with van der Waals surface area (Å²) < 4.78 is 1.26. The topological polar surface area (TPSA) is 24.9 Å². The first kappa shape index (κ1) is 14.5. The maximum Gasteiger partial charge on any atom is 0.0951 e. The van der Waals surface area contributed by atoms with E-state index in [-0.39, 0.29) is 6.04 Å². The van der Waals surface area contributed by atoms with E-state index in [0.717, 1.165) is 23.5 Å². The van der Waals surface area contributed by atoms with Crippen molar-refractivity contribution >= 4 is 33.2 Å². The van der Waals surface area contributed by atoms with Crippen LogP contribution in [0.2, 0.25) is 5.02 Å². The van der Waals surface area contributed by atoms with Crippen LogP contribution >= 0.6 is 22.9 Å². The van der Waals surface area contributed by atoms with Crippen molar-refractivity contribution in [2.24, 2.45) is 0 Å². The molecule has 3 aromatic rings. The van der Waals surface area contributed by atoms with Gasteiger partial charge in [0.25, 0.3) is 0 Å². The van der Waals surface area contributed by atoms with Crippen LogP contribution in [0.3, 0.4) is 0 Å². The van der Waals surface area contributed by atoms with Crippen LogP contribution in [0.15, 0.2) is 48.5 Å². The summed E-state index contributed by atoms with van der Waals surface area (Å²) in [6, 6.07) is 16.6. The predicted octanol–water partition coefficient (Wildman–Crippen LogP) is 4.84. The molecule has 0 aliphatic carbocycles. The number of benzene rings is 2. The minimum atomic E-state index is 0.290. The fourth-order valence-electron chi connectivity index (χ4n) is 2.32. The van der Waals surface area contributed by atoms with Gasteiger partial charge in [-0.15, -0.1) is 11.3 Å². The lowest BCUT2D eigenvalue weighted by Gasteiger charge is -2.13. The van der Waals surface area contributed by atoms with Crippen molar-refractivity contribution in [3.63, 3.8) is 0 Å². The van der Waals surface area contributed by atoms with E-state index in [1.807, 2.05) is 24.3 Å². The third-order valence-corrected chi connectivity index (χ3v) is 4.81. The van der Waals surface area contributed by atoms with Crippen molar-refractivity contribution in [2.45, 2.75) is 19.4 Å². The highest BCUT2D eigenvalue weighted by atomic mass is 35.5. The Balaban J connectivity index is 1.58. The molecule has 1 N–H and O–H groups in total. The minimum absolute atomic E-state index is 0.290. The average molecular weight is 317 g/mol. The number of para-hydroxylation sites is 1. The molecule has 3 rings (SSSR count). The van der Waals surface area contributed by atoms with E-state index in [0.29, 0.717) is 0 Å². The summed E-state index contributed by atoms with van der Waals surface area (Å²) in [6.45, 7) is 3.07. The number of rotatable bonds is 5. The van der Waals surface area contributed by atoms with Gasteiger partial charge in [0.2, 0.25) is 0 Å². The minimum Gasteiger partial charge on any atom is -0.310 e. The Bertz CT molecular complexity index is 705. The van der Waals surface area contributed by atoms with Crippen molar-refractivity contribution in [1.82, 2.24) is 10.3 Å². The van der Waals surface area contributed by atoms with Gasteiger partial charge < -0.3 is 5.32 Å². The number of hydrogen-bond donors (Lipinski definition) is 1. The molecule has 0 fully saturated rings. The lowest BCUT2D eigenvalue weighted by atomic mass is 10.1. The van der Waals surface area contributed by atoms with Crippen molar-refractivity contribution in [2.75, 3.05) is 6.54 Å². The van der Waals surface area contributed by atoms with Gasteiger partial charge in [-0.2, -0.15) is 0 Å². The molecular weight excluding hydrogens is 300 g/mol. The first-order chi connectivity index (χ1) is 10.2. The highest BCUT2D eigenvalue weighted by Gasteiger charge is 2.07. The third-order valence-electron chi connectivity index (χ3n) is 3.48. The Morgan fingerprint density at radius 3 is 2.86 bits per heavy atom. The van der Waals surface area contributed by atoms with Gasteiger partial charge in [-0.05, 0) is 36.8 Å². The van der Waals surface area contributed by atoms with Crippen LogP contribution < -0.4 is 5.32 Å². The fraction of sp³-hybridized carbons (Fsp3) is 0.235. The van der Waals surface area contributed by atoms with E-state index >= 15 is 0 Å². The summed E-state index contributed by atoms with van der Waals surface area (Å²) in [5.74, 6) is 0. The van der Waals surface area contributed by atoms with E-state index in [1.54, 1.807) is 11.3 Å². The second-order valence-corrected chi connectivity index (χ2v) is 6.61. The fourth-order valence-corrected chi connectivity index (χ4v) is 3.48. The molecule has 0 spiro atoms. The number of halogens is 1. The zero-order valence-electron chi connectivity index (χ0n) is 11.8. The molecule has 1 heterocycles. The van der Waals surface area contributed by atoms with Crippen LogP contribution in [0.1, 0.15) is 23.5 Å². The Morgan fingerprint density at radius 1 is 1.19 bits per heavy atom. The maximum absolute atomic E-state index is 6.03. The highest BCUT2D eigenvalue weighted by molar-refractivity contribution is 7.18. The average Bonchev–Trinajstić information content (AvgIpc) is 2.89. The summed E-state index contributed by atoms with van der Waals surface area (Å²) >= 11 is 7.80. The number of nitrogens with one attached hydrogen (secondary N) is 1. The molecule has 0 saturated heterocycles. The standard InChI is InChI=1S/C17H17ClN2S/c1-12(13-5-4-6-14(18)11-13)19-10-9-17-20-15-7-2-3-8-16(15)21-17/h2-8,11-12,19H,9-10H2,1H3. The van der Waals surface area contributed by atoms with Crippen molar-refractivity contribution < 1.29 is 0 Å². The Morgan fingerprint density at radius 2 is 2.05 bits per heavy atom. The first-order valence-corrected chi connectivity index (χ1v) is 8.25. The van der Waals surface area contributed by atoms with Crippen LogP contribution in [0.25, 0.3) is 10.2 Å². The third kappa shape index (κ3) is 3.62. The Labute approximate surface area is 133 Å². The molecule has 0 aliphatic heterocycles. The molecule has 4 heteroatoms. The number of fused-ring (bicyclic) bond motifs is 1. The molecule has 0 amide bonds. The highest BCUT2D eigenvalue weighted by Crippen LogP contribution is 2.22. The first-order valence-electron chi connectivity index (χ1n) is 7.05. The van der Waals surface area contributed by atoms with Crippen LogP contribution in [0.4, 0.5) is 0 Å². The zero-order chi connectivity index (χ0) is 14.7. The van der Waals surface area contributed by atoms with Gasteiger partial charge in [0.15, 0.2) is 0 Å². The van der Waals surface area contributed by atoms with Crippen LogP contribution in [0.5, 0.6) is 0 Å². The molecule has 0 radical (unpaired) electrons. The maximum atomic E-state index is 6.03. The molecule has 1 atom stereocenters. The second-order valence-electron chi connectivity index (χ2n) is 5.06. The predicted molar refractivity (Wildman–Crippen MR) is 91.2 cm³/mol. The van der Waals surface area contributed by atoms with E-state index in [1.165, 1.54) is 15.3 Å². The van der Waals surface area contributed by atoms with Gasteiger partial charge in [0, 0.05) is 24.0 Å². The Kier molecular flexibility index (Phi) is 4.54. The van der Waals surface area contributed by atoms with Crippen molar-refractivity contribution in [3.05, 3.63) is 64.1 Å². The van der Waals surface area contributed by atoms with E-state index in [4.69, 9.17) is 11.6 Å². The van der Waals surface area contributed by atoms with Crippen molar-refractivity contribution in [3.8, 4) is 0 Å². The molecule has 1 aromatic heterocycles. The largest absolute Gasteiger partial charge is 0.310 e. The summed E-state index contributed by atoms with van der Waals surface area (Å²) in [7, 11) is 0. The van der Waals surface area contributed by atoms with E-state index < -0.39 is 0 Å². The summed E-state index contributed by atoms with van der Waals surface area (Å²) in [5, 5.41) is 5.49. The zero-order valence-corrected chi connectivity index (χ0v) is 13.4. The molecule has 108 valence electrons. The number of nitrogens with zero attached hydrogens (tertiary/aromatic N) is 1. The van der Waals surface area contributed by atoms with Gasteiger partial charge in [0.05, 0.1) is 15.2 Å². The SMILES string of the molecule is CC(NCCc1nc2ccccc2s1)c1cccc(Cl)c1. The van der Waals surface area contributed by atoms with Gasteiger partial charge in [0.1, 0.15) is 0 Å². The summed E-state index contributed by atoms with van der Waals surface area (Å²) in [5.41, 5.74) is 2.31. The molecule has 0 aliphatic rings. The molecule has 2 aromatic carbocycles. The lowest BCUT2D eigenvalue weighted by Crippen LogP contribution is -2.21. The Hall–Kier alpha value is -1.42. The smallest absolute Gasteiger partial charge is 0.0951 e. The molecule has 0 saturated carbocycles. The quantitative estimate of drug-likeness (QED) is 0.728. The molecule has 21 heavy (non-hydrogen) atoms. The van der Waals surface area contributed by atoms with Gasteiger partial charge in [-0.25, -0.2) is 4.98 Å². The van der Waals surface area contributed by atoms with Crippen LogP contribution in [-0.2, 0) is 6.42 Å². The van der Waals surface area contributed by atoms with Crippen LogP contribution in [0, 0.1) is 0 Å². The normalized spacial score (nSPS) is 12.7. The van der Waals surface area contributed by atoms with Crippen LogP contribution in [-0.4, -0.2) is 11.5 Å². The molecule has 1 unspecified atom stereocenters. The number of aromatic nitrogens is 1. The summed E-state index contributed by atoms with van der Waals surface area (Å²) in [6.07, 6.45) is 0.949. The second kappa shape index (κ2) is 6.56. The number of thiazole rings is 1. The van der Waals surface area contributed by atoms with Gasteiger partial charge >= 0.3 is 0 Å². The van der Waals surface area contributed by atoms with E-state index in [9.17, 15) is 0 Å². The summed E-state index contributed by atoms with van der Waals surface area (Å²) in [4.78, 5) is 4.65.